The van der Waals surface area contributed by atoms with Gasteiger partial charge in [-0.15, -0.1) is 0 Å². The Morgan fingerprint density at radius 1 is 0.906 bits per heavy atom. The number of ketones is 1. The van der Waals surface area contributed by atoms with Crippen LogP contribution in [-0.4, -0.2) is 29.8 Å². The number of benzene rings is 3. The van der Waals surface area contributed by atoms with Gasteiger partial charge in [0.25, 0.3) is 0 Å². The van der Waals surface area contributed by atoms with Crippen molar-refractivity contribution in [2.75, 3.05) is 7.11 Å². The predicted molar refractivity (Wildman–Crippen MR) is 113 cm³/mol. The lowest BCUT2D eigenvalue weighted by molar-refractivity contribution is -0.316. The van der Waals surface area contributed by atoms with Gasteiger partial charge < -0.3 is 24.1 Å². The molecule has 2 atom stereocenters. The van der Waals surface area contributed by atoms with Crippen LogP contribution in [0.5, 0.6) is 17.2 Å². The lowest BCUT2D eigenvalue weighted by Crippen LogP contribution is -2.70. The quantitative estimate of drug-likeness (QED) is 0.503. The van der Waals surface area contributed by atoms with Crippen molar-refractivity contribution in [2.45, 2.75) is 11.6 Å². The summed E-state index contributed by atoms with van der Waals surface area (Å²) in [6.45, 7) is 0. The van der Waals surface area contributed by atoms with Crippen molar-refractivity contribution in [3.05, 3.63) is 95.6 Å². The van der Waals surface area contributed by atoms with E-state index in [2.05, 4.69) is 4.74 Å². The Labute approximate surface area is 183 Å². The molecule has 2 aliphatic heterocycles. The first-order valence-corrected chi connectivity index (χ1v) is 9.86. The summed E-state index contributed by atoms with van der Waals surface area (Å²) in [5, 5.41) is 11.6. The van der Waals surface area contributed by atoms with Gasteiger partial charge in [-0.25, -0.2) is 4.79 Å². The third-order valence-corrected chi connectivity index (χ3v) is 5.39. The Balaban J connectivity index is 1.67. The maximum absolute atomic E-state index is 13.4. The van der Waals surface area contributed by atoms with Gasteiger partial charge >= 0.3 is 17.5 Å². The molecule has 0 amide bonds. The molecule has 0 bridgehead atoms. The molecule has 3 aromatic rings. The summed E-state index contributed by atoms with van der Waals surface area (Å²) in [5.74, 6) is -4.99. The fourth-order valence-corrected chi connectivity index (χ4v) is 3.81. The summed E-state index contributed by atoms with van der Waals surface area (Å²) in [5.41, 5.74) is 1.20. The molecule has 0 radical (unpaired) electrons. The first-order valence-electron chi connectivity index (χ1n) is 9.86. The second kappa shape index (κ2) is 7.25. The monoisotopic (exact) mass is 430 g/mol. The van der Waals surface area contributed by atoms with Crippen LogP contribution >= 0.6 is 0 Å². The molecular weight excluding hydrogens is 412 g/mol. The highest BCUT2D eigenvalue weighted by molar-refractivity contribution is 6.06. The first kappa shape index (κ1) is 19.8. The fourth-order valence-electron chi connectivity index (χ4n) is 3.81. The second-order valence-corrected chi connectivity index (χ2v) is 7.32. The van der Waals surface area contributed by atoms with Crippen molar-refractivity contribution in [3.63, 3.8) is 0 Å². The average molecular weight is 430 g/mol. The van der Waals surface area contributed by atoms with E-state index >= 15 is 0 Å². The van der Waals surface area contributed by atoms with E-state index in [1.165, 1.54) is 13.2 Å². The normalized spacial score (nSPS) is 23.1. The molecule has 5 rings (SSSR count). The van der Waals surface area contributed by atoms with Crippen molar-refractivity contribution in [2.24, 2.45) is 0 Å². The summed E-state index contributed by atoms with van der Waals surface area (Å²) in [6.07, 6.45) is 2.82. The molecule has 7 nitrogen and oxygen atoms in total. The number of Topliss-reactive ketones (excluding diaryl/α,β-unsaturated/α-hetero) is 1. The van der Waals surface area contributed by atoms with Crippen LogP contribution in [0, 0.1) is 0 Å². The zero-order valence-corrected chi connectivity index (χ0v) is 17.0. The van der Waals surface area contributed by atoms with Crippen molar-refractivity contribution in [1.29, 1.82) is 0 Å². The lowest BCUT2D eigenvalue weighted by atomic mass is 9.85. The number of fused-ring (bicyclic) bond motifs is 3. The minimum atomic E-state index is -2.47. The van der Waals surface area contributed by atoms with Crippen LogP contribution in [0.3, 0.4) is 0 Å². The van der Waals surface area contributed by atoms with Gasteiger partial charge in [0.1, 0.15) is 5.75 Å². The molecule has 0 spiro atoms. The highest BCUT2D eigenvalue weighted by atomic mass is 16.8. The molecular formula is C25H18O7. The van der Waals surface area contributed by atoms with Gasteiger partial charge in [0.05, 0.1) is 12.7 Å². The van der Waals surface area contributed by atoms with Gasteiger partial charge in [0, 0.05) is 11.6 Å². The van der Waals surface area contributed by atoms with E-state index in [1.807, 2.05) is 0 Å². The smallest absolute Gasteiger partial charge is 0.357 e. The molecule has 0 fully saturated rings. The van der Waals surface area contributed by atoms with E-state index in [0.717, 1.165) is 0 Å². The number of methoxy groups -OCH3 is 1. The van der Waals surface area contributed by atoms with Gasteiger partial charge in [0.2, 0.25) is 5.78 Å². The number of aliphatic hydroxyl groups is 1. The van der Waals surface area contributed by atoms with E-state index in [9.17, 15) is 14.7 Å². The van der Waals surface area contributed by atoms with Crippen LogP contribution in [0.25, 0.3) is 6.08 Å². The number of rotatable bonds is 3. The Hall–Kier alpha value is -4.10. The fraction of sp³-hybridized carbons (Fsp3) is 0.120. The van der Waals surface area contributed by atoms with Crippen molar-refractivity contribution in [1.82, 2.24) is 0 Å². The second-order valence-electron chi connectivity index (χ2n) is 7.32. The van der Waals surface area contributed by atoms with Crippen molar-refractivity contribution in [3.8, 4) is 17.2 Å². The van der Waals surface area contributed by atoms with Gasteiger partial charge in [-0.1, -0.05) is 48.5 Å². The molecule has 0 aromatic heterocycles. The molecule has 2 unspecified atom stereocenters. The van der Waals surface area contributed by atoms with Crippen LogP contribution < -0.4 is 14.2 Å². The third-order valence-electron chi connectivity index (χ3n) is 5.39. The van der Waals surface area contributed by atoms with Gasteiger partial charge in [-0.2, -0.15) is 0 Å². The molecule has 0 aliphatic carbocycles. The lowest BCUT2D eigenvalue weighted by Gasteiger charge is -2.49. The maximum atomic E-state index is 13.4. The van der Waals surface area contributed by atoms with Crippen molar-refractivity contribution < 1.29 is 33.6 Å². The standard InChI is InChI=1S/C25H18O7/c1-29-22(26)14-12-16-11-13-20-21(15-16)32-25(17-7-3-2-4-8-17)24(28,30-20)23(27)18-9-5-6-10-19(18)31-25/h2-15,28H,1H3/b14-12+. The minimum absolute atomic E-state index is 0.158. The van der Waals surface area contributed by atoms with Crippen LogP contribution in [0.4, 0.5) is 0 Å². The summed E-state index contributed by atoms with van der Waals surface area (Å²) < 4.78 is 22.9. The van der Waals surface area contributed by atoms with E-state index in [1.54, 1.807) is 78.9 Å². The van der Waals surface area contributed by atoms with Gasteiger partial charge in [-0.3, -0.25) is 4.79 Å². The Kier molecular flexibility index (Phi) is 4.49. The number of hydrogen-bond donors (Lipinski definition) is 1. The molecule has 160 valence electrons. The summed E-state index contributed by atoms with van der Waals surface area (Å²) >= 11 is 0. The number of ether oxygens (including phenoxy) is 4. The van der Waals surface area contributed by atoms with Crippen LogP contribution in [0.1, 0.15) is 21.5 Å². The largest absolute Gasteiger partial charge is 0.466 e. The number of hydrogen-bond acceptors (Lipinski definition) is 7. The molecule has 32 heavy (non-hydrogen) atoms. The van der Waals surface area contributed by atoms with Gasteiger partial charge in [-0.05, 0) is 35.9 Å². The van der Waals surface area contributed by atoms with Gasteiger partial charge in [0.15, 0.2) is 11.5 Å². The number of esters is 1. The minimum Gasteiger partial charge on any atom is -0.466 e. The number of carbonyl (C=O) groups excluding carboxylic acids is 2. The molecule has 1 N–H and O–H groups in total. The zero-order chi connectivity index (χ0) is 22.3. The molecule has 7 heteroatoms. The van der Waals surface area contributed by atoms with Crippen LogP contribution in [0.15, 0.2) is 78.9 Å². The maximum Gasteiger partial charge on any atom is 0.357 e. The van der Waals surface area contributed by atoms with E-state index in [0.29, 0.717) is 11.1 Å². The Morgan fingerprint density at radius 2 is 1.62 bits per heavy atom. The number of para-hydroxylation sites is 1. The van der Waals surface area contributed by atoms with Crippen molar-refractivity contribution >= 4 is 17.8 Å². The Bertz CT molecular complexity index is 1250. The van der Waals surface area contributed by atoms with E-state index in [4.69, 9.17) is 14.2 Å². The van der Waals surface area contributed by atoms with Crippen LogP contribution in [-0.2, 0) is 15.3 Å². The molecule has 2 heterocycles. The predicted octanol–water partition coefficient (Wildman–Crippen LogP) is 3.46. The first-order chi connectivity index (χ1) is 15.5. The SMILES string of the molecule is COC(=O)/C=C/c1ccc2c(c1)OC1(c3ccccc3)Oc3ccccc3C(=O)C1(O)O2. The highest BCUT2D eigenvalue weighted by Gasteiger charge is 2.70. The molecule has 0 saturated heterocycles. The zero-order valence-electron chi connectivity index (χ0n) is 17.0. The Morgan fingerprint density at radius 3 is 2.41 bits per heavy atom. The molecule has 3 aromatic carbocycles. The molecule has 0 saturated carbocycles. The van der Waals surface area contributed by atoms with Crippen LogP contribution in [0.2, 0.25) is 0 Å². The summed E-state index contributed by atoms with van der Waals surface area (Å²) in [4.78, 5) is 24.9. The van der Waals surface area contributed by atoms with E-state index in [-0.39, 0.29) is 22.8 Å². The number of carbonyl (C=O) groups is 2. The summed E-state index contributed by atoms with van der Waals surface area (Å²) in [6, 6.07) is 20.1. The topological polar surface area (TPSA) is 91.3 Å². The highest BCUT2D eigenvalue weighted by Crippen LogP contribution is 2.53. The average Bonchev–Trinajstić information content (AvgIpc) is 2.83. The molecule has 2 aliphatic rings. The summed E-state index contributed by atoms with van der Waals surface area (Å²) in [7, 11) is 1.29. The third kappa shape index (κ3) is 2.86. The van der Waals surface area contributed by atoms with E-state index < -0.39 is 23.3 Å².